The molecule has 0 bridgehead atoms. The quantitative estimate of drug-likeness (QED) is 0.680. The van der Waals surface area contributed by atoms with E-state index in [1.165, 1.54) is 16.0 Å². The minimum atomic E-state index is -0.694. The molecule has 8 heteroatoms. The minimum absolute atomic E-state index is 0.00354. The van der Waals surface area contributed by atoms with E-state index in [-0.39, 0.29) is 44.0 Å². The molecule has 0 spiro atoms. The van der Waals surface area contributed by atoms with E-state index in [2.05, 4.69) is 22.8 Å². The molecular weight excluding hydrogens is 410 g/mol. The largest absolute Gasteiger partial charge is 0.454 e. The molecule has 3 aliphatic rings. The van der Waals surface area contributed by atoms with E-state index in [1.807, 2.05) is 12.1 Å². The molecule has 2 aromatic rings. The summed E-state index contributed by atoms with van der Waals surface area (Å²) in [7, 11) is 0. The van der Waals surface area contributed by atoms with Gasteiger partial charge in [0, 0.05) is 6.42 Å². The number of benzene rings is 2. The number of rotatable bonds is 6. The second-order valence-electron chi connectivity index (χ2n) is 8.36. The Morgan fingerprint density at radius 2 is 1.97 bits per heavy atom. The van der Waals surface area contributed by atoms with Crippen molar-refractivity contribution >= 4 is 17.8 Å². The molecule has 0 saturated carbocycles. The fourth-order valence-electron chi connectivity index (χ4n) is 4.59. The van der Waals surface area contributed by atoms with Crippen LogP contribution in [0.2, 0.25) is 0 Å². The lowest BCUT2D eigenvalue weighted by atomic mass is 9.87. The third-order valence-corrected chi connectivity index (χ3v) is 6.25. The summed E-state index contributed by atoms with van der Waals surface area (Å²) in [5.41, 5.74) is 3.22. The smallest absolute Gasteiger partial charge is 0.325 e. The third kappa shape index (κ3) is 4.00. The van der Waals surface area contributed by atoms with Gasteiger partial charge in [-0.15, -0.1) is 0 Å². The molecule has 8 nitrogen and oxygen atoms in total. The summed E-state index contributed by atoms with van der Waals surface area (Å²) in [4.78, 5) is 38.9. The number of imide groups is 1. The number of nitrogens with zero attached hydrogens (tertiary/aromatic N) is 1. The zero-order valence-electron chi connectivity index (χ0n) is 17.6. The molecule has 2 aliphatic heterocycles. The average Bonchev–Trinajstić information content (AvgIpc) is 3.37. The van der Waals surface area contributed by atoms with Gasteiger partial charge in [-0.1, -0.05) is 30.3 Å². The monoisotopic (exact) mass is 435 g/mol. The highest BCUT2D eigenvalue weighted by molar-refractivity contribution is 6.04. The molecule has 2 N–H and O–H groups in total. The second kappa shape index (κ2) is 8.53. The first-order valence-corrected chi connectivity index (χ1v) is 11.0. The van der Waals surface area contributed by atoms with Crippen LogP contribution in [0.5, 0.6) is 11.5 Å². The van der Waals surface area contributed by atoms with E-state index >= 15 is 0 Å². The highest BCUT2D eigenvalue weighted by Gasteiger charge is 2.38. The van der Waals surface area contributed by atoms with Crippen molar-refractivity contribution < 1.29 is 23.9 Å². The van der Waals surface area contributed by atoms with Gasteiger partial charge in [0.2, 0.25) is 12.7 Å². The number of hydrogen-bond donors (Lipinski definition) is 2. The summed E-state index contributed by atoms with van der Waals surface area (Å²) >= 11 is 0. The Hall–Kier alpha value is -3.55. The second-order valence-corrected chi connectivity index (χ2v) is 8.36. The Morgan fingerprint density at radius 3 is 2.88 bits per heavy atom. The SMILES string of the molecule is O=C(CC[C@@H]1NC(=O)N(Cc2ccc3c(c2)OCO3)C1=O)NC1CCCc2ccccc21. The molecule has 1 unspecified atom stereocenters. The van der Waals surface area contributed by atoms with Crippen molar-refractivity contribution in [3.05, 3.63) is 59.2 Å². The van der Waals surface area contributed by atoms with Crippen LogP contribution in [0.15, 0.2) is 42.5 Å². The van der Waals surface area contributed by atoms with E-state index in [1.54, 1.807) is 18.2 Å². The molecule has 0 radical (unpaired) electrons. The molecule has 0 aromatic heterocycles. The standard InChI is InChI=1S/C24H25N3O5/c28-22(25-18-7-3-5-16-4-1-2-6-17(16)18)11-9-19-23(29)27(24(30)26-19)13-15-8-10-20-21(12-15)32-14-31-20/h1-2,4,6,8,10,12,18-19H,3,5,7,9,11,13-14H2,(H,25,28)(H,26,30)/t18?,19-/m0/s1. The fourth-order valence-corrected chi connectivity index (χ4v) is 4.59. The summed E-state index contributed by atoms with van der Waals surface area (Å²) in [6.45, 7) is 0.307. The zero-order valence-corrected chi connectivity index (χ0v) is 17.6. The normalized spacial score (nSPS) is 21.3. The zero-order chi connectivity index (χ0) is 22.1. The van der Waals surface area contributed by atoms with Gasteiger partial charge in [-0.05, 0) is 54.5 Å². The van der Waals surface area contributed by atoms with Crippen LogP contribution in [0, 0.1) is 0 Å². The first-order chi connectivity index (χ1) is 15.6. The molecule has 1 fully saturated rings. The maximum absolute atomic E-state index is 12.8. The van der Waals surface area contributed by atoms with Crippen LogP contribution in [0.4, 0.5) is 4.79 Å². The molecule has 1 aliphatic carbocycles. The highest BCUT2D eigenvalue weighted by Crippen LogP contribution is 2.33. The molecule has 166 valence electrons. The highest BCUT2D eigenvalue weighted by atomic mass is 16.7. The fraction of sp³-hybridized carbons (Fsp3) is 0.375. The van der Waals surface area contributed by atoms with Crippen LogP contribution < -0.4 is 20.1 Å². The number of hydrogen-bond acceptors (Lipinski definition) is 5. The predicted octanol–water partition coefficient (Wildman–Crippen LogP) is 2.81. The number of nitrogens with one attached hydrogen (secondary N) is 2. The van der Waals surface area contributed by atoms with Gasteiger partial charge in [-0.2, -0.15) is 0 Å². The topological polar surface area (TPSA) is 97.0 Å². The van der Waals surface area contributed by atoms with Gasteiger partial charge in [0.15, 0.2) is 11.5 Å². The number of urea groups is 1. The van der Waals surface area contributed by atoms with Crippen LogP contribution in [-0.4, -0.2) is 35.6 Å². The Bertz CT molecular complexity index is 1070. The van der Waals surface area contributed by atoms with Crippen LogP contribution in [0.1, 0.15) is 48.4 Å². The summed E-state index contributed by atoms with van der Waals surface area (Å²) in [6.07, 6.45) is 3.42. The van der Waals surface area contributed by atoms with Gasteiger partial charge >= 0.3 is 6.03 Å². The van der Waals surface area contributed by atoms with Crippen molar-refractivity contribution in [2.75, 3.05) is 6.79 Å². The van der Waals surface area contributed by atoms with Crippen molar-refractivity contribution in [1.29, 1.82) is 0 Å². The maximum atomic E-state index is 12.8. The van der Waals surface area contributed by atoms with Crippen LogP contribution >= 0.6 is 0 Å². The lowest BCUT2D eigenvalue weighted by Gasteiger charge is -2.26. The molecule has 32 heavy (non-hydrogen) atoms. The van der Waals surface area contributed by atoms with Crippen molar-refractivity contribution in [2.45, 2.75) is 50.7 Å². The lowest BCUT2D eigenvalue weighted by Crippen LogP contribution is -2.34. The lowest BCUT2D eigenvalue weighted by molar-refractivity contribution is -0.128. The van der Waals surface area contributed by atoms with Gasteiger partial charge in [0.1, 0.15) is 6.04 Å². The summed E-state index contributed by atoms with van der Waals surface area (Å²) in [5, 5.41) is 5.80. The van der Waals surface area contributed by atoms with Crippen molar-refractivity contribution in [3.63, 3.8) is 0 Å². The maximum Gasteiger partial charge on any atom is 0.325 e. The van der Waals surface area contributed by atoms with Crippen molar-refractivity contribution in [1.82, 2.24) is 15.5 Å². The van der Waals surface area contributed by atoms with Crippen LogP contribution in [0.3, 0.4) is 0 Å². The summed E-state index contributed by atoms with van der Waals surface area (Å²) < 4.78 is 10.6. The molecule has 2 atom stereocenters. The van der Waals surface area contributed by atoms with Gasteiger partial charge in [-0.3, -0.25) is 14.5 Å². The Balaban J connectivity index is 1.16. The van der Waals surface area contributed by atoms with E-state index in [4.69, 9.17) is 9.47 Å². The molecule has 5 rings (SSSR count). The number of carbonyl (C=O) groups excluding carboxylic acids is 3. The number of aryl methyl sites for hydroxylation is 1. The molecule has 2 aromatic carbocycles. The van der Waals surface area contributed by atoms with Crippen molar-refractivity contribution in [2.24, 2.45) is 0 Å². The number of fused-ring (bicyclic) bond motifs is 2. The number of amides is 4. The van der Waals surface area contributed by atoms with Crippen LogP contribution in [-0.2, 0) is 22.6 Å². The Kier molecular flexibility index (Phi) is 5.43. The predicted molar refractivity (Wildman–Crippen MR) is 115 cm³/mol. The van der Waals surface area contributed by atoms with Crippen LogP contribution in [0.25, 0.3) is 0 Å². The molecule has 2 heterocycles. The number of ether oxygens (including phenoxy) is 2. The van der Waals surface area contributed by atoms with Gasteiger partial charge in [-0.25, -0.2) is 4.79 Å². The average molecular weight is 435 g/mol. The Labute approximate surface area is 185 Å². The van der Waals surface area contributed by atoms with E-state index < -0.39 is 12.1 Å². The number of carbonyl (C=O) groups is 3. The van der Waals surface area contributed by atoms with E-state index in [0.29, 0.717) is 11.5 Å². The van der Waals surface area contributed by atoms with Gasteiger partial charge in [0.05, 0.1) is 12.6 Å². The first-order valence-electron chi connectivity index (χ1n) is 11.0. The van der Waals surface area contributed by atoms with Gasteiger partial charge in [0.25, 0.3) is 5.91 Å². The van der Waals surface area contributed by atoms with Gasteiger partial charge < -0.3 is 20.1 Å². The summed E-state index contributed by atoms with van der Waals surface area (Å²) in [6, 6.07) is 12.4. The molecular formula is C24H25N3O5. The summed E-state index contributed by atoms with van der Waals surface area (Å²) in [5.74, 6) is 0.828. The molecule has 1 saturated heterocycles. The molecule has 4 amide bonds. The van der Waals surface area contributed by atoms with Crippen molar-refractivity contribution in [3.8, 4) is 11.5 Å². The van der Waals surface area contributed by atoms with E-state index in [9.17, 15) is 14.4 Å². The third-order valence-electron chi connectivity index (χ3n) is 6.25. The van der Waals surface area contributed by atoms with E-state index in [0.717, 1.165) is 24.8 Å². The Morgan fingerprint density at radius 1 is 1.12 bits per heavy atom. The first kappa shape index (κ1) is 20.4. The minimum Gasteiger partial charge on any atom is -0.454 e.